The van der Waals surface area contributed by atoms with Crippen LogP contribution in [0.3, 0.4) is 0 Å². The molecule has 2 heterocycles. The van der Waals surface area contributed by atoms with Gasteiger partial charge in [0, 0.05) is 17.1 Å². The van der Waals surface area contributed by atoms with Crippen molar-refractivity contribution < 1.29 is 28.2 Å². The van der Waals surface area contributed by atoms with Gasteiger partial charge in [0.1, 0.15) is 17.0 Å². The summed E-state index contributed by atoms with van der Waals surface area (Å²) in [5.74, 6) is 0.603. The zero-order chi connectivity index (χ0) is 22.1. The molecule has 0 aliphatic carbocycles. The van der Waals surface area contributed by atoms with Crippen LogP contribution >= 0.6 is 0 Å². The van der Waals surface area contributed by atoms with E-state index >= 15 is 0 Å². The van der Waals surface area contributed by atoms with E-state index in [2.05, 4.69) is 10.6 Å². The van der Waals surface area contributed by atoms with Crippen molar-refractivity contribution in [2.75, 3.05) is 24.5 Å². The van der Waals surface area contributed by atoms with Gasteiger partial charge < -0.3 is 29.3 Å². The van der Waals surface area contributed by atoms with Gasteiger partial charge in [0.2, 0.25) is 12.6 Å². The molecule has 4 aromatic rings. The summed E-state index contributed by atoms with van der Waals surface area (Å²) >= 11 is 0. The molecular weight excluding hydrogens is 412 g/mol. The molecule has 1 aliphatic rings. The van der Waals surface area contributed by atoms with Crippen molar-refractivity contribution in [3.05, 3.63) is 78.1 Å². The second-order valence-electron chi connectivity index (χ2n) is 6.98. The Hall–Kier alpha value is -4.46. The van der Waals surface area contributed by atoms with Gasteiger partial charge in [-0.1, -0.05) is 24.3 Å². The standard InChI is InChI=1S/C24H18N2O6/c1-29-17-8-4-3-7-16(17)23(27)26-21-15-6-2-5-9-18(15)32-22(21)24(28)25-14-10-11-19-20(12-14)31-13-30-19/h2-12H,13H2,1H3,(H,25,28)(H,26,27). The first-order valence-electron chi connectivity index (χ1n) is 9.81. The molecule has 8 heteroatoms. The zero-order valence-electron chi connectivity index (χ0n) is 17.0. The molecule has 0 saturated heterocycles. The van der Waals surface area contributed by atoms with Gasteiger partial charge in [-0.3, -0.25) is 9.59 Å². The highest BCUT2D eigenvalue weighted by Crippen LogP contribution is 2.36. The number of amides is 2. The molecule has 5 rings (SSSR count). The van der Waals surface area contributed by atoms with Gasteiger partial charge in [-0.25, -0.2) is 0 Å². The maximum Gasteiger partial charge on any atom is 0.293 e. The monoisotopic (exact) mass is 430 g/mol. The lowest BCUT2D eigenvalue weighted by atomic mass is 10.1. The van der Waals surface area contributed by atoms with Crippen molar-refractivity contribution in [1.82, 2.24) is 0 Å². The molecule has 0 atom stereocenters. The number of nitrogens with one attached hydrogen (secondary N) is 2. The van der Waals surface area contributed by atoms with E-state index < -0.39 is 11.8 Å². The molecule has 2 N–H and O–H groups in total. The van der Waals surface area contributed by atoms with Crippen molar-refractivity contribution in [3.8, 4) is 17.2 Å². The molecule has 0 fully saturated rings. The average Bonchev–Trinajstić information content (AvgIpc) is 3.43. The van der Waals surface area contributed by atoms with Crippen molar-refractivity contribution in [2.45, 2.75) is 0 Å². The van der Waals surface area contributed by atoms with Crippen molar-refractivity contribution >= 4 is 34.2 Å². The van der Waals surface area contributed by atoms with Gasteiger partial charge in [-0.15, -0.1) is 0 Å². The number of anilines is 2. The van der Waals surface area contributed by atoms with Gasteiger partial charge in [0.05, 0.1) is 12.7 Å². The molecule has 160 valence electrons. The van der Waals surface area contributed by atoms with Crippen molar-refractivity contribution in [3.63, 3.8) is 0 Å². The first kappa shape index (κ1) is 19.5. The third-order valence-electron chi connectivity index (χ3n) is 5.02. The summed E-state index contributed by atoms with van der Waals surface area (Å²) < 4.78 is 21.7. The summed E-state index contributed by atoms with van der Waals surface area (Å²) in [5.41, 5.74) is 1.58. The van der Waals surface area contributed by atoms with Crippen LogP contribution in [0.25, 0.3) is 11.0 Å². The number of hydrogen-bond donors (Lipinski definition) is 2. The van der Waals surface area contributed by atoms with Gasteiger partial charge in [-0.05, 0) is 36.4 Å². The minimum atomic E-state index is -0.518. The van der Waals surface area contributed by atoms with Gasteiger partial charge >= 0.3 is 0 Å². The predicted octanol–water partition coefficient (Wildman–Crippen LogP) is 4.67. The van der Waals surface area contributed by atoms with Crippen molar-refractivity contribution in [2.24, 2.45) is 0 Å². The van der Waals surface area contributed by atoms with E-state index in [1.807, 2.05) is 0 Å². The number of benzene rings is 3. The summed E-state index contributed by atoms with van der Waals surface area (Å²) in [4.78, 5) is 26.1. The molecule has 0 radical (unpaired) electrons. The van der Waals surface area contributed by atoms with Gasteiger partial charge in [-0.2, -0.15) is 0 Å². The molecule has 8 nitrogen and oxygen atoms in total. The first-order valence-corrected chi connectivity index (χ1v) is 9.81. The number of para-hydroxylation sites is 2. The van der Waals surface area contributed by atoms with Crippen LogP contribution in [0.2, 0.25) is 0 Å². The van der Waals surface area contributed by atoms with Crippen LogP contribution in [0.4, 0.5) is 11.4 Å². The minimum absolute atomic E-state index is 0.0212. The summed E-state index contributed by atoms with van der Waals surface area (Å²) in [6.07, 6.45) is 0. The SMILES string of the molecule is COc1ccccc1C(=O)Nc1c(C(=O)Nc2ccc3c(c2)OCO3)oc2ccccc12. The molecule has 2 amide bonds. The number of fused-ring (bicyclic) bond motifs is 2. The largest absolute Gasteiger partial charge is 0.496 e. The summed E-state index contributed by atoms with van der Waals surface area (Å²) in [7, 11) is 1.49. The van der Waals surface area contributed by atoms with Crippen LogP contribution in [-0.2, 0) is 0 Å². The number of carbonyl (C=O) groups is 2. The average molecular weight is 430 g/mol. The fourth-order valence-electron chi connectivity index (χ4n) is 3.50. The highest BCUT2D eigenvalue weighted by molar-refractivity contribution is 6.17. The Bertz CT molecular complexity index is 1340. The number of methoxy groups -OCH3 is 1. The van der Waals surface area contributed by atoms with Crippen LogP contribution in [-0.4, -0.2) is 25.7 Å². The highest BCUT2D eigenvalue weighted by Gasteiger charge is 2.24. The third-order valence-corrected chi connectivity index (χ3v) is 5.02. The van der Waals surface area contributed by atoms with E-state index in [-0.39, 0.29) is 18.2 Å². The van der Waals surface area contributed by atoms with Crippen molar-refractivity contribution in [1.29, 1.82) is 0 Å². The Morgan fingerprint density at radius 3 is 2.53 bits per heavy atom. The normalized spacial score (nSPS) is 11.9. The third kappa shape index (κ3) is 3.47. The summed E-state index contributed by atoms with van der Waals surface area (Å²) in [6, 6.07) is 19.0. The van der Waals surface area contributed by atoms with Crippen LogP contribution < -0.4 is 24.8 Å². The van der Waals surface area contributed by atoms with E-state index in [9.17, 15) is 9.59 Å². The van der Waals surface area contributed by atoms with Gasteiger partial charge in [0.25, 0.3) is 11.8 Å². The quantitative estimate of drug-likeness (QED) is 0.477. The lowest BCUT2D eigenvalue weighted by Crippen LogP contribution is -2.17. The number of carbonyl (C=O) groups excluding carboxylic acids is 2. The number of rotatable bonds is 5. The van der Waals surface area contributed by atoms with E-state index in [1.54, 1.807) is 66.7 Å². The van der Waals surface area contributed by atoms with Crippen LogP contribution in [0.5, 0.6) is 17.2 Å². The lowest BCUT2D eigenvalue weighted by molar-refractivity contribution is 0.0999. The lowest BCUT2D eigenvalue weighted by Gasteiger charge is -2.10. The summed E-state index contributed by atoms with van der Waals surface area (Å²) in [5, 5.41) is 6.20. The van der Waals surface area contributed by atoms with E-state index in [0.29, 0.717) is 39.5 Å². The summed E-state index contributed by atoms with van der Waals surface area (Å²) in [6.45, 7) is 0.134. The zero-order valence-corrected chi connectivity index (χ0v) is 17.0. The molecular formula is C24H18N2O6. The second-order valence-corrected chi connectivity index (χ2v) is 6.98. The first-order chi connectivity index (χ1) is 15.6. The maximum atomic E-state index is 13.1. The second kappa shape index (κ2) is 7.99. The Morgan fingerprint density at radius 2 is 1.66 bits per heavy atom. The Kier molecular flexibility index (Phi) is 4.87. The maximum absolute atomic E-state index is 13.1. The van der Waals surface area contributed by atoms with Crippen LogP contribution in [0.15, 0.2) is 71.1 Å². The van der Waals surface area contributed by atoms with Gasteiger partial charge in [0.15, 0.2) is 11.5 Å². The Morgan fingerprint density at radius 1 is 0.875 bits per heavy atom. The molecule has 32 heavy (non-hydrogen) atoms. The molecule has 0 spiro atoms. The molecule has 1 aliphatic heterocycles. The topological polar surface area (TPSA) is 99.0 Å². The Balaban J connectivity index is 1.49. The van der Waals surface area contributed by atoms with E-state index in [4.69, 9.17) is 18.6 Å². The number of furan rings is 1. The van der Waals surface area contributed by atoms with Crippen LogP contribution in [0, 0.1) is 0 Å². The molecule has 0 saturated carbocycles. The minimum Gasteiger partial charge on any atom is -0.496 e. The molecule has 0 unspecified atom stereocenters. The molecule has 0 bridgehead atoms. The van der Waals surface area contributed by atoms with E-state index in [0.717, 1.165) is 0 Å². The fourth-order valence-corrected chi connectivity index (χ4v) is 3.50. The Labute approximate surface area is 182 Å². The highest BCUT2D eigenvalue weighted by atomic mass is 16.7. The molecule has 3 aromatic carbocycles. The fraction of sp³-hybridized carbons (Fsp3) is 0.0833. The number of ether oxygens (including phenoxy) is 3. The number of hydrogen-bond acceptors (Lipinski definition) is 6. The van der Waals surface area contributed by atoms with Crippen LogP contribution in [0.1, 0.15) is 20.9 Å². The smallest absolute Gasteiger partial charge is 0.293 e. The molecule has 1 aromatic heterocycles. The predicted molar refractivity (Wildman–Crippen MR) is 118 cm³/mol. The van der Waals surface area contributed by atoms with E-state index in [1.165, 1.54) is 7.11 Å².